The van der Waals surface area contributed by atoms with Crippen molar-refractivity contribution in [1.29, 1.82) is 0 Å². The molecule has 88 valence electrons. The molecule has 1 aromatic carbocycles. The Balaban J connectivity index is 2.29. The van der Waals surface area contributed by atoms with Gasteiger partial charge in [0, 0.05) is 5.88 Å². The Bertz CT molecular complexity index is 374. The quantitative estimate of drug-likeness (QED) is 0.755. The summed E-state index contributed by atoms with van der Waals surface area (Å²) in [4.78, 5) is 0. The van der Waals surface area contributed by atoms with Crippen molar-refractivity contribution in [3.05, 3.63) is 23.8 Å². The van der Waals surface area contributed by atoms with Crippen LogP contribution in [0.2, 0.25) is 0 Å². The summed E-state index contributed by atoms with van der Waals surface area (Å²) in [5.41, 5.74) is 1.33. The summed E-state index contributed by atoms with van der Waals surface area (Å²) in [7, 11) is 0. The first-order valence-corrected chi connectivity index (χ1v) is 6.13. The van der Waals surface area contributed by atoms with Crippen LogP contribution in [0.25, 0.3) is 0 Å². The number of halogens is 1. The predicted octanol–water partition coefficient (Wildman–Crippen LogP) is 3.36. The van der Waals surface area contributed by atoms with Crippen molar-refractivity contribution in [3.8, 4) is 11.5 Å². The number of benzene rings is 1. The molecule has 2 rings (SSSR count). The second-order valence-electron chi connectivity index (χ2n) is 4.68. The topological polar surface area (TPSA) is 18.5 Å². The average molecular weight is 241 g/mol. The second-order valence-corrected chi connectivity index (χ2v) is 5.06. The fourth-order valence-corrected chi connectivity index (χ4v) is 2.32. The van der Waals surface area contributed by atoms with Gasteiger partial charge >= 0.3 is 0 Å². The fraction of sp³-hybridized carbons (Fsp3) is 0.538. The molecule has 0 bridgehead atoms. The SMILES string of the molecule is CC(C)(CCCl)c1ccc2c(c1)OCCO2. The van der Waals surface area contributed by atoms with Gasteiger partial charge in [-0.1, -0.05) is 19.9 Å². The maximum absolute atomic E-state index is 5.82. The third kappa shape index (κ3) is 2.27. The molecule has 0 aliphatic carbocycles. The van der Waals surface area contributed by atoms with E-state index in [-0.39, 0.29) is 5.41 Å². The van der Waals surface area contributed by atoms with Crippen LogP contribution in [-0.4, -0.2) is 19.1 Å². The predicted molar refractivity (Wildman–Crippen MR) is 65.8 cm³/mol. The van der Waals surface area contributed by atoms with E-state index in [4.69, 9.17) is 21.1 Å². The number of hydrogen-bond acceptors (Lipinski definition) is 2. The largest absolute Gasteiger partial charge is 0.486 e. The highest BCUT2D eigenvalue weighted by Gasteiger charge is 2.22. The van der Waals surface area contributed by atoms with E-state index in [9.17, 15) is 0 Å². The van der Waals surface area contributed by atoms with Gasteiger partial charge in [0.15, 0.2) is 11.5 Å². The van der Waals surface area contributed by atoms with Gasteiger partial charge in [-0.2, -0.15) is 0 Å². The number of rotatable bonds is 3. The molecular weight excluding hydrogens is 224 g/mol. The van der Waals surface area contributed by atoms with Crippen molar-refractivity contribution < 1.29 is 9.47 Å². The van der Waals surface area contributed by atoms with Crippen LogP contribution < -0.4 is 9.47 Å². The van der Waals surface area contributed by atoms with Crippen LogP contribution in [-0.2, 0) is 5.41 Å². The Morgan fingerprint density at radius 3 is 2.56 bits per heavy atom. The monoisotopic (exact) mass is 240 g/mol. The van der Waals surface area contributed by atoms with E-state index in [1.54, 1.807) is 0 Å². The summed E-state index contributed by atoms with van der Waals surface area (Å²) in [6.07, 6.45) is 0.953. The average Bonchev–Trinajstić information content (AvgIpc) is 2.28. The second kappa shape index (κ2) is 4.54. The maximum Gasteiger partial charge on any atom is 0.161 e. The molecule has 0 amide bonds. The van der Waals surface area contributed by atoms with Gasteiger partial charge in [-0.15, -0.1) is 11.6 Å². The number of ether oxygens (including phenoxy) is 2. The molecule has 0 atom stereocenters. The molecule has 0 aromatic heterocycles. The van der Waals surface area contributed by atoms with Crippen LogP contribution >= 0.6 is 11.6 Å². The number of alkyl halides is 1. The van der Waals surface area contributed by atoms with Gasteiger partial charge in [0.2, 0.25) is 0 Å². The van der Waals surface area contributed by atoms with Crippen molar-refractivity contribution in [2.45, 2.75) is 25.7 Å². The minimum atomic E-state index is 0.0809. The normalized spacial score (nSPS) is 14.9. The van der Waals surface area contributed by atoms with Crippen molar-refractivity contribution >= 4 is 11.6 Å². The highest BCUT2D eigenvalue weighted by atomic mass is 35.5. The molecular formula is C13H17ClO2. The van der Waals surface area contributed by atoms with Gasteiger partial charge in [0.1, 0.15) is 13.2 Å². The van der Waals surface area contributed by atoms with Crippen molar-refractivity contribution in [2.75, 3.05) is 19.1 Å². The van der Waals surface area contributed by atoms with Gasteiger partial charge in [-0.05, 0) is 29.5 Å². The van der Waals surface area contributed by atoms with Gasteiger partial charge < -0.3 is 9.47 Å². The van der Waals surface area contributed by atoms with Crippen molar-refractivity contribution in [3.63, 3.8) is 0 Å². The van der Waals surface area contributed by atoms with Gasteiger partial charge in [0.25, 0.3) is 0 Å². The minimum absolute atomic E-state index is 0.0809. The number of hydrogen-bond donors (Lipinski definition) is 0. The van der Waals surface area contributed by atoms with Crippen LogP contribution in [0, 0.1) is 0 Å². The van der Waals surface area contributed by atoms with E-state index < -0.39 is 0 Å². The lowest BCUT2D eigenvalue weighted by atomic mass is 9.82. The molecule has 0 saturated carbocycles. The standard InChI is InChI=1S/C13H17ClO2/c1-13(2,5-6-14)10-3-4-11-12(9-10)16-8-7-15-11/h3-4,9H,5-8H2,1-2H3. The molecule has 1 heterocycles. The van der Waals surface area contributed by atoms with Crippen molar-refractivity contribution in [2.24, 2.45) is 0 Å². The van der Waals surface area contributed by atoms with Gasteiger partial charge in [-0.3, -0.25) is 0 Å². The van der Waals surface area contributed by atoms with Gasteiger partial charge in [-0.25, -0.2) is 0 Å². The third-order valence-electron chi connectivity index (χ3n) is 3.04. The smallest absolute Gasteiger partial charge is 0.161 e. The Labute approximate surface area is 102 Å². The molecule has 0 N–H and O–H groups in total. The Hall–Kier alpha value is -0.890. The summed E-state index contributed by atoms with van der Waals surface area (Å²) >= 11 is 5.82. The fourth-order valence-electron chi connectivity index (χ4n) is 1.84. The first kappa shape index (κ1) is 11.6. The Morgan fingerprint density at radius 1 is 1.19 bits per heavy atom. The highest BCUT2D eigenvalue weighted by molar-refractivity contribution is 6.17. The lowest BCUT2D eigenvalue weighted by Gasteiger charge is -2.26. The molecule has 16 heavy (non-hydrogen) atoms. The minimum Gasteiger partial charge on any atom is -0.486 e. The first-order chi connectivity index (χ1) is 7.63. The molecule has 1 aliphatic rings. The van der Waals surface area contributed by atoms with E-state index in [1.165, 1.54) is 5.56 Å². The number of fused-ring (bicyclic) bond motifs is 1. The Morgan fingerprint density at radius 2 is 1.88 bits per heavy atom. The van der Waals surface area contributed by atoms with E-state index in [0.29, 0.717) is 19.1 Å². The molecule has 0 radical (unpaired) electrons. The summed E-state index contributed by atoms with van der Waals surface area (Å²) in [5, 5.41) is 0. The molecule has 1 aromatic rings. The molecule has 0 unspecified atom stereocenters. The van der Waals surface area contributed by atoms with Crippen molar-refractivity contribution in [1.82, 2.24) is 0 Å². The van der Waals surface area contributed by atoms with E-state index >= 15 is 0 Å². The maximum atomic E-state index is 5.82. The zero-order valence-corrected chi connectivity index (χ0v) is 10.5. The molecule has 1 aliphatic heterocycles. The summed E-state index contributed by atoms with van der Waals surface area (Å²) in [5.74, 6) is 2.37. The van der Waals surface area contributed by atoms with Crippen LogP contribution in [0.15, 0.2) is 18.2 Å². The van der Waals surface area contributed by atoms with E-state index in [2.05, 4.69) is 26.0 Å². The molecule has 2 nitrogen and oxygen atoms in total. The zero-order chi connectivity index (χ0) is 11.6. The summed E-state index contributed by atoms with van der Waals surface area (Å²) in [6, 6.07) is 6.15. The lowest BCUT2D eigenvalue weighted by molar-refractivity contribution is 0.171. The Kier molecular flexibility index (Phi) is 3.29. The molecule has 0 saturated heterocycles. The van der Waals surface area contributed by atoms with E-state index in [1.807, 2.05) is 6.07 Å². The van der Waals surface area contributed by atoms with Crippen LogP contribution in [0.4, 0.5) is 0 Å². The zero-order valence-electron chi connectivity index (χ0n) is 9.75. The summed E-state index contributed by atoms with van der Waals surface area (Å²) < 4.78 is 11.1. The highest BCUT2D eigenvalue weighted by Crippen LogP contribution is 2.36. The van der Waals surface area contributed by atoms with E-state index in [0.717, 1.165) is 17.9 Å². The first-order valence-electron chi connectivity index (χ1n) is 5.59. The van der Waals surface area contributed by atoms with Crippen LogP contribution in [0.1, 0.15) is 25.8 Å². The van der Waals surface area contributed by atoms with Gasteiger partial charge in [0.05, 0.1) is 0 Å². The third-order valence-corrected chi connectivity index (χ3v) is 3.23. The molecule has 3 heteroatoms. The molecule has 0 spiro atoms. The molecule has 0 fully saturated rings. The van der Waals surface area contributed by atoms with Crippen LogP contribution in [0.5, 0.6) is 11.5 Å². The van der Waals surface area contributed by atoms with Crippen LogP contribution in [0.3, 0.4) is 0 Å². The summed E-state index contributed by atoms with van der Waals surface area (Å²) in [6.45, 7) is 5.66. The lowest BCUT2D eigenvalue weighted by Crippen LogP contribution is -2.20.